The average Bonchev–Trinajstić information content (AvgIpc) is 3.29. The fourth-order valence-electron chi connectivity index (χ4n) is 3.46. The van der Waals surface area contributed by atoms with E-state index >= 15 is 0 Å². The minimum atomic E-state index is -0.429. The van der Waals surface area contributed by atoms with Gasteiger partial charge >= 0.3 is 0 Å². The second-order valence-corrected chi connectivity index (χ2v) is 7.79. The summed E-state index contributed by atoms with van der Waals surface area (Å²) in [5.41, 5.74) is 1.89. The normalized spacial score (nSPS) is 13.1. The maximum atomic E-state index is 12.8. The van der Waals surface area contributed by atoms with Crippen LogP contribution in [0.2, 0.25) is 0 Å². The van der Waals surface area contributed by atoms with E-state index in [2.05, 4.69) is 11.4 Å². The van der Waals surface area contributed by atoms with Crippen molar-refractivity contribution in [1.82, 2.24) is 4.90 Å². The number of anilines is 1. The number of nitrogens with zero attached hydrogens (tertiary/aromatic N) is 2. The van der Waals surface area contributed by atoms with Gasteiger partial charge in [-0.1, -0.05) is 12.1 Å². The number of hydrogen-bond donors (Lipinski definition) is 1. The van der Waals surface area contributed by atoms with E-state index < -0.39 is 5.91 Å². The minimum absolute atomic E-state index is 0.000483. The summed E-state index contributed by atoms with van der Waals surface area (Å²) < 4.78 is 11.3. The Hall–Kier alpha value is -3.31. The number of nitriles is 1. The van der Waals surface area contributed by atoms with E-state index in [1.165, 1.54) is 18.3 Å². The number of carbonyl (C=O) groups excluding carboxylic acids is 2. The predicted molar refractivity (Wildman–Crippen MR) is 109 cm³/mol. The van der Waals surface area contributed by atoms with Crippen LogP contribution in [0.1, 0.15) is 40.4 Å². The maximum Gasteiger partial charge on any atom is 0.292 e. The molecule has 0 saturated heterocycles. The molecule has 2 aromatic heterocycles. The van der Waals surface area contributed by atoms with Crippen molar-refractivity contribution >= 4 is 39.1 Å². The van der Waals surface area contributed by atoms with Gasteiger partial charge in [-0.15, -0.1) is 11.3 Å². The molecule has 0 bridgehead atoms. The molecule has 0 aliphatic carbocycles. The van der Waals surface area contributed by atoms with Gasteiger partial charge < -0.3 is 19.4 Å². The van der Waals surface area contributed by atoms with Gasteiger partial charge in [0, 0.05) is 23.7 Å². The fourth-order valence-corrected chi connectivity index (χ4v) is 4.67. The van der Waals surface area contributed by atoms with Crippen LogP contribution < -0.4 is 10.1 Å². The summed E-state index contributed by atoms with van der Waals surface area (Å²) in [5.74, 6) is 0.299. The Morgan fingerprint density at radius 2 is 2.24 bits per heavy atom. The molecule has 0 atom stereocenters. The molecule has 1 N–H and O–H groups in total. The van der Waals surface area contributed by atoms with E-state index in [4.69, 9.17) is 9.15 Å². The van der Waals surface area contributed by atoms with Crippen LogP contribution in [0.4, 0.5) is 5.00 Å². The molecular weight excluding hydrogens is 390 g/mol. The molecule has 0 fully saturated rings. The summed E-state index contributed by atoms with van der Waals surface area (Å²) in [6, 6.07) is 9.33. The molecule has 7 nitrogen and oxygen atoms in total. The van der Waals surface area contributed by atoms with Gasteiger partial charge in [0.15, 0.2) is 17.1 Å². The van der Waals surface area contributed by atoms with Crippen LogP contribution in [0.3, 0.4) is 0 Å². The van der Waals surface area contributed by atoms with E-state index in [0.29, 0.717) is 48.0 Å². The van der Waals surface area contributed by atoms with Gasteiger partial charge in [-0.2, -0.15) is 5.26 Å². The van der Waals surface area contributed by atoms with Gasteiger partial charge in [-0.3, -0.25) is 9.59 Å². The number of amides is 2. The van der Waals surface area contributed by atoms with Crippen LogP contribution in [-0.4, -0.2) is 29.9 Å². The number of fused-ring (bicyclic) bond motifs is 2. The molecule has 0 spiro atoms. The topological polar surface area (TPSA) is 95.6 Å². The van der Waals surface area contributed by atoms with Crippen molar-refractivity contribution in [2.24, 2.45) is 0 Å². The number of rotatable bonds is 4. The van der Waals surface area contributed by atoms with Crippen molar-refractivity contribution in [3.8, 4) is 11.8 Å². The van der Waals surface area contributed by atoms with Gasteiger partial charge in [-0.25, -0.2) is 0 Å². The van der Waals surface area contributed by atoms with Crippen LogP contribution in [0.5, 0.6) is 5.75 Å². The van der Waals surface area contributed by atoms with Gasteiger partial charge in [0.25, 0.3) is 5.91 Å². The van der Waals surface area contributed by atoms with Crippen LogP contribution in [-0.2, 0) is 17.8 Å². The standard InChI is InChI=1S/C21H19N3O4S/c1-3-27-16-6-4-5-13-9-17(28-19(13)16)20(26)23-21-15(10-22)14-7-8-24(12(2)25)11-18(14)29-21/h4-6,9H,3,7-8,11H2,1-2H3,(H,23,26). The molecular formula is C21H19N3O4S. The molecule has 148 valence electrons. The number of hydrogen-bond acceptors (Lipinski definition) is 6. The highest BCUT2D eigenvalue weighted by atomic mass is 32.1. The maximum absolute atomic E-state index is 12.8. The zero-order valence-corrected chi connectivity index (χ0v) is 16.9. The highest BCUT2D eigenvalue weighted by molar-refractivity contribution is 7.16. The Labute approximate surface area is 171 Å². The quantitative estimate of drug-likeness (QED) is 0.705. The largest absolute Gasteiger partial charge is 0.490 e. The fraction of sp³-hybridized carbons (Fsp3) is 0.286. The number of thiophene rings is 1. The number of benzene rings is 1. The van der Waals surface area contributed by atoms with E-state index in [1.807, 2.05) is 19.1 Å². The Kier molecular flexibility index (Phi) is 4.99. The van der Waals surface area contributed by atoms with Crippen molar-refractivity contribution in [3.63, 3.8) is 0 Å². The molecule has 1 aromatic carbocycles. The lowest BCUT2D eigenvalue weighted by molar-refractivity contribution is -0.129. The van der Waals surface area contributed by atoms with Crippen molar-refractivity contribution in [2.75, 3.05) is 18.5 Å². The molecule has 1 aliphatic heterocycles. The van der Waals surface area contributed by atoms with Crippen LogP contribution in [0, 0.1) is 11.3 Å². The average molecular weight is 409 g/mol. The summed E-state index contributed by atoms with van der Waals surface area (Å²) in [5, 5.41) is 13.7. The molecule has 2 amide bonds. The molecule has 0 unspecified atom stereocenters. The molecule has 3 heterocycles. The molecule has 0 radical (unpaired) electrons. The van der Waals surface area contributed by atoms with Crippen LogP contribution in [0.15, 0.2) is 28.7 Å². The smallest absolute Gasteiger partial charge is 0.292 e. The highest BCUT2D eigenvalue weighted by Gasteiger charge is 2.27. The third-order valence-electron chi connectivity index (χ3n) is 4.87. The zero-order chi connectivity index (χ0) is 20.5. The van der Waals surface area contributed by atoms with Crippen molar-refractivity contribution in [1.29, 1.82) is 5.26 Å². The summed E-state index contributed by atoms with van der Waals surface area (Å²) >= 11 is 1.33. The molecule has 1 aliphatic rings. The Morgan fingerprint density at radius 1 is 1.41 bits per heavy atom. The van der Waals surface area contributed by atoms with E-state index in [1.54, 1.807) is 17.0 Å². The second kappa shape index (κ2) is 7.60. The van der Waals surface area contributed by atoms with E-state index in [9.17, 15) is 14.9 Å². The van der Waals surface area contributed by atoms with Crippen molar-refractivity contribution in [2.45, 2.75) is 26.8 Å². The van der Waals surface area contributed by atoms with Crippen molar-refractivity contribution < 1.29 is 18.7 Å². The number of furan rings is 1. The van der Waals surface area contributed by atoms with Gasteiger partial charge in [-0.05, 0) is 31.0 Å². The first-order valence-electron chi connectivity index (χ1n) is 9.28. The number of carbonyl (C=O) groups is 2. The third-order valence-corrected chi connectivity index (χ3v) is 6.00. The molecule has 4 rings (SSSR count). The lowest BCUT2D eigenvalue weighted by Crippen LogP contribution is -2.33. The predicted octanol–water partition coefficient (Wildman–Crippen LogP) is 3.92. The molecule has 29 heavy (non-hydrogen) atoms. The summed E-state index contributed by atoms with van der Waals surface area (Å²) in [6.45, 7) is 4.94. The summed E-state index contributed by atoms with van der Waals surface area (Å²) in [6.07, 6.45) is 0.604. The highest BCUT2D eigenvalue weighted by Crippen LogP contribution is 2.37. The summed E-state index contributed by atoms with van der Waals surface area (Å²) in [7, 11) is 0. The third kappa shape index (κ3) is 3.45. The van der Waals surface area contributed by atoms with Gasteiger partial charge in [0.1, 0.15) is 11.1 Å². The second-order valence-electron chi connectivity index (χ2n) is 6.68. The number of nitrogens with one attached hydrogen (secondary N) is 1. The van der Waals surface area contributed by atoms with E-state index in [-0.39, 0.29) is 11.7 Å². The number of para-hydroxylation sites is 1. The van der Waals surface area contributed by atoms with Crippen LogP contribution in [0.25, 0.3) is 11.0 Å². The summed E-state index contributed by atoms with van der Waals surface area (Å²) in [4.78, 5) is 27.1. The SMILES string of the molecule is CCOc1cccc2cc(C(=O)Nc3sc4c(c3C#N)CCN(C(C)=O)C4)oc12. The molecule has 0 saturated carbocycles. The monoisotopic (exact) mass is 409 g/mol. The van der Waals surface area contributed by atoms with Gasteiger partial charge in [0.2, 0.25) is 5.91 Å². The first-order chi connectivity index (χ1) is 14.0. The molecule has 3 aromatic rings. The van der Waals surface area contributed by atoms with Crippen LogP contribution >= 0.6 is 11.3 Å². The Morgan fingerprint density at radius 3 is 2.97 bits per heavy atom. The Bertz CT molecular complexity index is 1150. The minimum Gasteiger partial charge on any atom is -0.490 e. The van der Waals surface area contributed by atoms with Gasteiger partial charge in [0.05, 0.1) is 18.7 Å². The lowest BCUT2D eigenvalue weighted by Gasteiger charge is -2.25. The zero-order valence-electron chi connectivity index (χ0n) is 16.1. The first kappa shape index (κ1) is 19.0. The molecule has 8 heteroatoms. The Balaban J connectivity index is 1.62. The van der Waals surface area contributed by atoms with Crippen molar-refractivity contribution in [3.05, 3.63) is 46.0 Å². The first-order valence-corrected chi connectivity index (χ1v) is 10.1. The lowest BCUT2D eigenvalue weighted by atomic mass is 10.0. The van der Waals surface area contributed by atoms with E-state index in [0.717, 1.165) is 15.8 Å². The number of ether oxygens (including phenoxy) is 1.